The van der Waals surface area contributed by atoms with E-state index >= 15 is 0 Å². The lowest BCUT2D eigenvalue weighted by Crippen LogP contribution is -2.40. The summed E-state index contributed by atoms with van der Waals surface area (Å²) in [4.78, 5) is 2.51. The Hall–Kier alpha value is -0.160. The molecule has 4 heteroatoms. The Bertz CT molecular complexity index is 275. The van der Waals surface area contributed by atoms with Crippen molar-refractivity contribution in [2.45, 2.75) is 37.5 Å². The molecule has 1 N–H and O–H groups in total. The molecular weight excluding hydrogens is 228 g/mol. The van der Waals surface area contributed by atoms with Gasteiger partial charge in [0.25, 0.3) is 0 Å². The summed E-state index contributed by atoms with van der Waals surface area (Å²) in [5, 5.41) is 3.73. The van der Waals surface area contributed by atoms with Crippen molar-refractivity contribution in [1.29, 1.82) is 0 Å². The molecule has 3 fully saturated rings. The first-order valence-corrected chi connectivity index (χ1v) is 7.33. The summed E-state index contributed by atoms with van der Waals surface area (Å²) in [7, 11) is 3.59. The van der Waals surface area contributed by atoms with E-state index in [4.69, 9.17) is 9.47 Å². The smallest absolute Gasteiger partial charge is 0.0971 e. The third-order valence-corrected chi connectivity index (χ3v) is 5.23. The van der Waals surface area contributed by atoms with Crippen LogP contribution in [0.25, 0.3) is 0 Å². The fourth-order valence-corrected chi connectivity index (χ4v) is 4.20. The standard InChI is InChI=1S/C14H26N2O2/c1-17-13-8-16(9-14(13)18-2)7-12-11-5-3-4-10(11)6-15-12/h10-15H,3-9H2,1-2H3. The molecule has 3 rings (SSSR count). The first-order valence-electron chi connectivity index (χ1n) is 7.33. The zero-order valence-electron chi connectivity index (χ0n) is 11.6. The number of ether oxygens (including phenoxy) is 2. The summed E-state index contributed by atoms with van der Waals surface area (Å²) in [6.45, 7) is 4.45. The van der Waals surface area contributed by atoms with Crippen molar-refractivity contribution in [3.63, 3.8) is 0 Å². The molecule has 4 nitrogen and oxygen atoms in total. The number of fused-ring (bicyclic) bond motifs is 1. The molecule has 0 amide bonds. The maximum absolute atomic E-state index is 5.51. The van der Waals surface area contributed by atoms with Gasteiger partial charge >= 0.3 is 0 Å². The normalized spacial score (nSPS) is 44.7. The third-order valence-electron chi connectivity index (χ3n) is 5.23. The van der Waals surface area contributed by atoms with E-state index in [0.717, 1.165) is 24.9 Å². The highest BCUT2D eigenvalue weighted by atomic mass is 16.5. The first kappa shape index (κ1) is 12.9. The van der Waals surface area contributed by atoms with Crippen LogP contribution < -0.4 is 5.32 Å². The molecule has 1 saturated carbocycles. The molecular formula is C14H26N2O2. The van der Waals surface area contributed by atoms with Gasteiger partial charge in [0.2, 0.25) is 0 Å². The van der Waals surface area contributed by atoms with Crippen LogP contribution in [-0.2, 0) is 9.47 Å². The molecule has 2 saturated heterocycles. The largest absolute Gasteiger partial charge is 0.377 e. The minimum absolute atomic E-state index is 0.246. The second-order valence-corrected chi connectivity index (χ2v) is 6.14. The van der Waals surface area contributed by atoms with Crippen LogP contribution in [0.3, 0.4) is 0 Å². The van der Waals surface area contributed by atoms with Crippen LogP contribution >= 0.6 is 0 Å². The van der Waals surface area contributed by atoms with E-state index in [2.05, 4.69) is 10.2 Å². The van der Waals surface area contributed by atoms with Gasteiger partial charge in [-0.3, -0.25) is 4.90 Å². The highest BCUT2D eigenvalue weighted by Crippen LogP contribution is 2.38. The van der Waals surface area contributed by atoms with Crippen LogP contribution in [-0.4, -0.2) is 63.5 Å². The second kappa shape index (κ2) is 5.45. The zero-order valence-corrected chi connectivity index (χ0v) is 11.6. The number of hydrogen-bond donors (Lipinski definition) is 1. The Labute approximate surface area is 110 Å². The molecule has 0 aromatic heterocycles. The minimum Gasteiger partial charge on any atom is -0.377 e. The maximum Gasteiger partial charge on any atom is 0.0971 e. The van der Waals surface area contributed by atoms with Crippen molar-refractivity contribution >= 4 is 0 Å². The maximum atomic E-state index is 5.51. The predicted octanol–water partition coefficient (Wildman–Crippen LogP) is 0.720. The fourth-order valence-electron chi connectivity index (χ4n) is 4.20. The van der Waals surface area contributed by atoms with E-state index in [1.54, 1.807) is 14.2 Å². The van der Waals surface area contributed by atoms with Gasteiger partial charge in [-0.05, 0) is 31.2 Å². The number of likely N-dealkylation sites (tertiary alicyclic amines) is 1. The lowest BCUT2D eigenvalue weighted by molar-refractivity contribution is -0.00461. The first-order chi connectivity index (χ1) is 8.81. The van der Waals surface area contributed by atoms with Crippen molar-refractivity contribution in [3.8, 4) is 0 Å². The van der Waals surface area contributed by atoms with Gasteiger partial charge < -0.3 is 14.8 Å². The number of nitrogens with one attached hydrogen (secondary N) is 1. The van der Waals surface area contributed by atoms with E-state index in [9.17, 15) is 0 Å². The van der Waals surface area contributed by atoms with Crippen molar-refractivity contribution < 1.29 is 9.47 Å². The van der Waals surface area contributed by atoms with Crippen molar-refractivity contribution in [2.24, 2.45) is 11.8 Å². The SMILES string of the molecule is COC1CN(CC2NCC3CCCC32)CC1OC. The van der Waals surface area contributed by atoms with Crippen LogP contribution in [0, 0.1) is 11.8 Å². The van der Waals surface area contributed by atoms with E-state index in [0.29, 0.717) is 6.04 Å². The van der Waals surface area contributed by atoms with E-state index < -0.39 is 0 Å². The molecule has 5 unspecified atom stereocenters. The van der Waals surface area contributed by atoms with Gasteiger partial charge in [0.15, 0.2) is 0 Å². The third kappa shape index (κ3) is 2.31. The molecule has 0 spiro atoms. The lowest BCUT2D eigenvalue weighted by atomic mass is 9.94. The number of rotatable bonds is 4. The summed E-state index contributed by atoms with van der Waals surface area (Å²) in [6, 6.07) is 0.700. The molecule has 2 aliphatic heterocycles. The Balaban J connectivity index is 1.54. The van der Waals surface area contributed by atoms with Gasteiger partial charge in [0, 0.05) is 39.9 Å². The molecule has 0 bridgehead atoms. The Morgan fingerprint density at radius 2 is 1.83 bits per heavy atom. The van der Waals surface area contributed by atoms with Crippen molar-refractivity contribution in [1.82, 2.24) is 10.2 Å². The molecule has 0 aromatic carbocycles. The van der Waals surface area contributed by atoms with Crippen molar-refractivity contribution in [3.05, 3.63) is 0 Å². The summed E-state index contributed by atoms with van der Waals surface area (Å²) in [5.41, 5.74) is 0. The Kier molecular flexibility index (Phi) is 3.89. The lowest BCUT2D eigenvalue weighted by Gasteiger charge is -2.24. The van der Waals surface area contributed by atoms with Gasteiger partial charge in [-0.2, -0.15) is 0 Å². The molecule has 5 atom stereocenters. The van der Waals surface area contributed by atoms with Gasteiger partial charge in [0.05, 0.1) is 12.2 Å². The summed E-state index contributed by atoms with van der Waals surface area (Å²) in [5.74, 6) is 1.88. The van der Waals surface area contributed by atoms with Crippen LogP contribution in [0.5, 0.6) is 0 Å². The van der Waals surface area contributed by atoms with Crippen LogP contribution in [0.2, 0.25) is 0 Å². The highest BCUT2D eigenvalue weighted by molar-refractivity contribution is 4.97. The van der Waals surface area contributed by atoms with Gasteiger partial charge in [-0.15, -0.1) is 0 Å². The highest BCUT2D eigenvalue weighted by Gasteiger charge is 2.41. The second-order valence-electron chi connectivity index (χ2n) is 6.14. The fraction of sp³-hybridized carbons (Fsp3) is 1.00. The molecule has 104 valence electrons. The Morgan fingerprint density at radius 1 is 1.11 bits per heavy atom. The summed E-state index contributed by atoms with van der Waals surface area (Å²) in [6.07, 6.45) is 4.80. The summed E-state index contributed by atoms with van der Waals surface area (Å²) >= 11 is 0. The Morgan fingerprint density at radius 3 is 2.50 bits per heavy atom. The average Bonchev–Trinajstić information content (AvgIpc) is 3.06. The van der Waals surface area contributed by atoms with E-state index in [1.807, 2.05) is 0 Å². The molecule has 3 aliphatic rings. The van der Waals surface area contributed by atoms with Gasteiger partial charge in [-0.25, -0.2) is 0 Å². The minimum atomic E-state index is 0.246. The van der Waals surface area contributed by atoms with Crippen LogP contribution in [0.15, 0.2) is 0 Å². The number of methoxy groups -OCH3 is 2. The molecule has 2 heterocycles. The molecule has 0 radical (unpaired) electrons. The topological polar surface area (TPSA) is 33.7 Å². The molecule has 18 heavy (non-hydrogen) atoms. The van der Waals surface area contributed by atoms with Crippen LogP contribution in [0.1, 0.15) is 19.3 Å². The summed E-state index contributed by atoms with van der Waals surface area (Å²) < 4.78 is 11.0. The van der Waals surface area contributed by atoms with E-state index in [1.165, 1.54) is 32.4 Å². The number of nitrogens with zero attached hydrogens (tertiary/aromatic N) is 1. The van der Waals surface area contributed by atoms with Gasteiger partial charge in [0.1, 0.15) is 0 Å². The van der Waals surface area contributed by atoms with Crippen molar-refractivity contribution in [2.75, 3.05) is 40.4 Å². The molecule has 0 aromatic rings. The van der Waals surface area contributed by atoms with E-state index in [-0.39, 0.29) is 12.2 Å². The molecule has 1 aliphatic carbocycles. The van der Waals surface area contributed by atoms with Crippen LogP contribution in [0.4, 0.5) is 0 Å². The van der Waals surface area contributed by atoms with Gasteiger partial charge in [-0.1, -0.05) is 6.42 Å². The average molecular weight is 254 g/mol. The quantitative estimate of drug-likeness (QED) is 0.801. The predicted molar refractivity (Wildman–Crippen MR) is 70.7 cm³/mol. The number of hydrogen-bond acceptors (Lipinski definition) is 4. The zero-order chi connectivity index (χ0) is 12.5. The monoisotopic (exact) mass is 254 g/mol.